The second-order valence-corrected chi connectivity index (χ2v) is 7.94. The van der Waals surface area contributed by atoms with Crippen LogP contribution in [0.1, 0.15) is 54.0 Å². The lowest BCUT2D eigenvalue weighted by Crippen LogP contribution is -2.41. The maximum Gasteiger partial charge on any atom is 0.120 e. The average Bonchev–Trinajstić information content (AvgIpc) is 2.23. The molecule has 2 heteroatoms. The van der Waals surface area contributed by atoms with Crippen molar-refractivity contribution in [1.82, 2.24) is 5.32 Å². The van der Waals surface area contributed by atoms with Gasteiger partial charge in [-0.05, 0) is 57.2 Å². The van der Waals surface area contributed by atoms with Crippen molar-refractivity contribution in [2.24, 2.45) is 5.41 Å². The van der Waals surface area contributed by atoms with Gasteiger partial charge in [-0.15, -0.1) is 0 Å². The molecule has 0 aliphatic rings. The molecule has 1 N–H and O–H groups in total. The fourth-order valence-electron chi connectivity index (χ4n) is 2.07. The molecular weight excluding hydrogens is 246 g/mol. The van der Waals surface area contributed by atoms with Crippen molar-refractivity contribution in [2.45, 2.75) is 66.5 Å². The zero-order valence-electron chi connectivity index (χ0n) is 14.2. The molecule has 0 heterocycles. The van der Waals surface area contributed by atoms with Crippen LogP contribution in [-0.2, 0) is 6.42 Å². The van der Waals surface area contributed by atoms with Crippen LogP contribution in [0.15, 0.2) is 24.3 Å². The summed E-state index contributed by atoms with van der Waals surface area (Å²) in [4.78, 5) is 0. The van der Waals surface area contributed by atoms with Crippen LogP contribution in [0, 0.1) is 5.41 Å². The van der Waals surface area contributed by atoms with Gasteiger partial charge in [0, 0.05) is 12.1 Å². The molecule has 0 spiro atoms. The summed E-state index contributed by atoms with van der Waals surface area (Å²) in [6.07, 6.45) is 1.23. The average molecular weight is 277 g/mol. The first-order valence-electron chi connectivity index (χ1n) is 7.56. The van der Waals surface area contributed by atoms with Crippen LogP contribution in [0.5, 0.6) is 5.75 Å². The predicted molar refractivity (Wildman–Crippen MR) is 87.4 cm³/mol. The molecule has 0 fully saturated rings. The van der Waals surface area contributed by atoms with E-state index in [0.29, 0.717) is 5.41 Å². The standard InChI is InChI=1S/C18H31NO/c1-14(13-19-18(5,6)7)20-16-10-8-9-15(11-16)12-17(2,3)4/h8-11,14,19H,12-13H2,1-7H3/t14-/m1/s1. The number of ether oxygens (including phenoxy) is 1. The molecule has 114 valence electrons. The van der Waals surface area contributed by atoms with Crippen molar-refractivity contribution in [2.75, 3.05) is 6.54 Å². The Kier molecular flexibility index (Phi) is 5.64. The molecule has 0 bridgehead atoms. The molecule has 0 unspecified atom stereocenters. The van der Waals surface area contributed by atoms with Gasteiger partial charge in [0.25, 0.3) is 0 Å². The van der Waals surface area contributed by atoms with Crippen LogP contribution < -0.4 is 10.1 Å². The lowest BCUT2D eigenvalue weighted by atomic mass is 9.88. The van der Waals surface area contributed by atoms with Crippen molar-refractivity contribution in [3.05, 3.63) is 29.8 Å². The quantitative estimate of drug-likeness (QED) is 0.859. The summed E-state index contributed by atoms with van der Waals surface area (Å²) in [5.41, 5.74) is 1.77. The van der Waals surface area contributed by atoms with E-state index in [-0.39, 0.29) is 11.6 Å². The molecule has 0 saturated heterocycles. The Morgan fingerprint density at radius 1 is 1.10 bits per heavy atom. The fourth-order valence-corrected chi connectivity index (χ4v) is 2.07. The zero-order valence-corrected chi connectivity index (χ0v) is 14.2. The molecule has 0 saturated carbocycles. The van der Waals surface area contributed by atoms with Crippen molar-refractivity contribution < 1.29 is 4.74 Å². The largest absolute Gasteiger partial charge is 0.489 e. The first kappa shape index (κ1) is 17.0. The van der Waals surface area contributed by atoms with Gasteiger partial charge in [0.2, 0.25) is 0 Å². The van der Waals surface area contributed by atoms with E-state index in [1.165, 1.54) is 5.56 Å². The summed E-state index contributed by atoms with van der Waals surface area (Å²) < 4.78 is 6.00. The minimum absolute atomic E-state index is 0.131. The van der Waals surface area contributed by atoms with Crippen molar-refractivity contribution >= 4 is 0 Å². The van der Waals surface area contributed by atoms with E-state index in [4.69, 9.17) is 4.74 Å². The van der Waals surface area contributed by atoms with Crippen LogP contribution in [0.4, 0.5) is 0 Å². The van der Waals surface area contributed by atoms with Gasteiger partial charge in [-0.1, -0.05) is 32.9 Å². The molecule has 0 aromatic heterocycles. The number of hydrogen-bond acceptors (Lipinski definition) is 2. The highest BCUT2D eigenvalue weighted by Crippen LogP contribution is 2.23. The molecule has 0 aliphatic carbocycles. The monoisotopic (exact) mass is 277 g/mol. The summed E-state index contributed by atoms with van der Waals surface area (Å²) in [6.45, 7) is 16.3. The Morgan fingerprint density at radius 3 is 2.30 bits per heavy atom. The van der Waals surface area contributed by atoms with E-state index in [1.54, 1.807) is 0 Å². The predicted octanol–water partition coefficient (Wildman–Crippen LogP) is 4.43. The number of nitrogens with one attached hydrogen (secondary N) is 1. The summed E-state index contributed by atoms with van der Waals surface area (Å²) in [6, 6.07) is 8.47. The molecule has 0 amide bonds. The SMILES string of the molecule is C[C@H](CNC(C)(C)C)Oc1cccc(CC(C)(C)C)c1. The third-order valence-corrected chi connectivity index (χ3v) is 2.89. The van der Waals surface area contributed by atoms with Gasteiger partial charge >= 0.3 is 0 Å². The summed E-state index contributed by atoms with van der Waals surface area (Å²) in [7, 11) is 0. The van der Waals surface area contributed by atoms with E-state index >= 15 is 0 Å². The molecular formula is C18H31NO. The highest BCUT2D eigenvalue weighted by molar-refractivity contribution is 5.29. The lowest BCUT2D eigenvalue weighted by molar-refractivity contribution is 0.203. The zero-order chi connectivity index (χ0) is 15.4. The Balaban J connectivity index is 2.57. The van der Waals surface area contributed by atoms with Crippen LogP contribution in [0.3, 0.4) is 0 Å². The maximum atomic E-state index is 6.00. The van der Waals surface area contributed by atoms with Gasteiger partial charge in [0.1, 0.15) is 11.9 Å². The van der Waals surface area contributed by atoms with Crippen molar-refractivity contribution in [3.63, 3.8) is 0 Å². The van der Waals surface area contributed by atoms with Gasteiger partial charge in [-0.3, -0.25) is 0 Å². The Morgan fingerprint density at radius 2 is 1.75 bits per heavy atom. The molecule has 0 aliphatic heterocycles. The smallest absolute Gasteiger partial charge is 0.120 e. The van der Waals surface area contributed by atoms with Gasteiger partial charge in [0.15, 0.2) is 0 Å². The third kappa shape index (κ3) is 7.54. The molecule has 1 rings (SSSR count). The first-order chi connectivity index (χ1) is 9.05. The minimum Gasteiger partial charge on any atom is -0.489 e. The summed E-state index contributed by atoms with van der Waals surface area (Å²) in [5.74, 6) is 0.968. The van der Waals surface area contributed by atoms with E-state index in [9.17, 15) is 0 Å². The Bertz CT molecular complexity index is 412. The summed E-state index contributed by atoms with van der Waals surface area (Å²) >= 11 is 0. The first-order valence-corrected chi connectivity index (χ1v) is 7.56. The van der Waals surface area contributed by atoms with Gasteiger partial charge in [-0.2, -0.15) is 0 Å². The van der Waals surface area contributed by atoms with E-state index in [0.717, 1.165) is 18.7 Å². The lowest BCUT2D eigenvalue weighted by Gasteiger charge is -2.24. The molecule has 20 heavy (non-hydrogen) atoms. The van der Waals surface area contributed by atoms with E-state index in [2.05, 4.69) is 72.0 Å². The fraction of sp³-hybridized carbons (Fsp3) is 0.667. The highest BCUT2D eigenvalue weighted by Gasteiger charge is 2.14. The Labute approximate surface area is 124 Å². The van der Waals surface area contributed by atoms with E-state index in [1.807, 2.05) is 6.07 Å². The van der Waals surface area contributed by atoms with Crippen LogP contribution in [-0.4, -0.2) is 18.2 Å². The number of hydrogen-bond donors (Lipinski definition) is 1. The normalized spacial score (nSPS) is 14.2. The molecule has 1 aromatic carbocycles. The van der Waals surface area contributed by atoms with Crippen LogP contribution in [0.2, 0.25) is 0 Å². The van der Waals surface area contributed by atoms with Crippen LogP contribution >= 0.6 is 0 Å². The van der Waals surface area contributed by atoms with Crippen molar-refractivity contribution in [1.29, 1.82) is 0 Å². The van der Waals surface area contributed by atoms with E-state index < -0.39 is 0 Å². The number of rotatable bonds is 5. The van der Waals surface area contributed by atoms with Crippen LogP contribution in [0.25, 0.3) is 0 Å². The highest BCUT2D eigenvalue weighted by atomic mass is 16.5. The molecule has 1 aromatic rings. The second-order valence-electron chi connectivity index (χ2n) is 7.94. The third-order valence-electron chi connectivity index (χ3n) is 2.89. The molecule has 2 nitrogen and oxygen atoms in total. The second kappa shape index (κ2) is 6.62. The topological polar surface area (TPSA) is 21.3 Å². The maximum absolute atomic E-state index is 6.00. The van der Waals surface area contributed by atoms with Gasteiger partial charge in [0.05, 0.1) is 0 Å². The molecule has 0 radical (unpaired) electrons. The minimum atomic E-state index is 0.131. The number of benzene rings is 1. The summed E-state index contributed by atoms with van der Waals surface area (Å²) in [5, 5.41) is 3.47. The van der Waals surface area contributed by atoms with Gasteiger partial charge in [-0.25, -0.2) is 0 Å². The van der Waals surface area contributed by atoms with Crippen molar-refractivity contribution in [3.8, 4) is 5.75 Å². The molecule has 1 atom stereocenters. The Hall–Kier alpha value is -1.02. The van der Waals surface area contributed by atoms with Gasteiger partial charge < -0.3 is 10.1 Å².